The summed E-state index contributed by atoms with van der Waals surface area (Å²) in [4.78, 5) is 0. The fourth-order valence-corrected chi connectivity index (χ4v) is 1.41. The lowest BCUT2D eigenvalue weighted by atomic mass is 10.2. The third kappa shape index (κ3) is 1.81. The van der Waals surface area contributed by atoms with Crippen LogP contribution in [0, 0.1) is 6.92 Å². The van der Waals surface area contributed by atoms with Crippen LogP contribution in [0.5, 0.6) is 5.75 Å². The minimum atomic E-state index is 0.475. The van der Waals surface area contributed by atoms with Gasteiger partial charge in [-0.1, -0.05) is 6.07 Å². The van der Waals surface area contributed by atoms with Crippen molar-refractivity contribution in [1.29, 1.82) is 0 Å². The topological polar surface area (TPSA) is 9.23 Å². The highest BCUT2D eigenvalue weighted by Crippen LogP contribution is 2.32. The van der Waals surface area contributed by atoms with E-state index in [0.717, 1.165) is 10.2 Å². The van der Waals surface area contributed by atoms with Crippen LogP contribution in [-0.4, -0.2) is 6.10 Å². The standard InChI is InChI=1S/C10H11BrO/c1-7-2-5-9(11)10(6-7)12-8-3-4-8/h2,5-6,8H,3-4H2,1H3. The second kappa shape index (κ2) is 3.09. The molecule has 1 aliphatic rings. The lowest BCUT2D eigenvalue weighted by Gasteiger charge is -2.06. The van der Waals surface area contributed by atoms with Crippen LogP contribution in [0.4, 0.5) is 0 Å². The molecule has 0 heterocycles. The molecule has 1 saturated carbocycles. The number of benzene rings is 1. The van der Waals surface area contributed by atoms with Crippen molar-refractivity contribution in [2.45, 2.75) is 25.9 Å². The highest BCUT2D eigenvalue weighted by molar-refractivity contribution is 9.10. The fourth-order valence-electron chi connectivity index (χ4n) is 1.07. The van der Waals surface area contributed by atoms with Crippen LogP contribution >= 0.6 is 15.9 Å². The van der Waals surface area contributed by atoms with E-state index in [1.54, 1.807) is 0 Å². The van der Waals surface area contributed by atoms with Gasteiger partial charge in [0.05, 0.1) is 10.6 Å². The minimum Gasteiger partial charge on any atom is -0.489 e. The number of halogens is 1. The summed E-state index contributed by atoms with van der Waals surface area (Å²) in [6, 6.07) is 6.18. The normalized spacial score (nSPS) is 16.2. The molecule has 0 saturated heterocycles. The molecule has 1 nitrogen and oxygen atoms in total. The van der Waals surface area contributed by atoms with Crippen molar-refractivity contribution >= 4 is 15.9 Å². The first kappa shape index (κ1) is 8.11. The SMILES string of the molecule is Cc1ccc(Br)c(OC2CC2)c1. The zero-order valence-corrected chi connectivity index (χ0v) is 8.60. The summed E-state index contributed by atoms with van der Waals surface area (Å²) in [6.07, 6.45) is 2.89. The molecule has 2 rings (SSSR count). The maximum Gasteiger partial charge on any atom is 0.134 e. The maximum absolute atomic E-state index is 5.69. The van der Waals surface area contributed by atoms with Crippen LogP contribution in [0.2, 0.25) is 0 Å². The number of aryl methyl sites for hydroxylation is 1. The highest BCUT2D eigenvalue weighted by Gasteiger charge is 2.24. The van der Waals surface area contributed by atoms with Gasteiger partial charge in [-0.3, -0.25) is 0 Å². The summed E-state index contributed by atoms with van der Waals surface area (Å²) >= 11 is 3.46. The molecule has 0 N–H and O–H groups in total. The third-order valence-corrected chi connectivity index (χ3v) is 2.56. The molecule has 0 unspecified atom stereocenters. The van der Waals surface area contributed by atoms with Gasteiger partial charge in [0.1, 0.15) is 5.75 Å². The molecule has 64 valence electrons. The van der Waals surface area contributed by atoms with Crippen LogP contribution in [0.15, 0.2) is 22.7 Å². The predicted molar refractivity (Wildman–Crippen MR) is 52.5 cm³/mol. The summed E-state index contributed by atoms with van der Waals surface area (Å²) in [7, 11) is 0. The molecule has 0 amide bonds. The summed E-state index contributed by atoms with van der Waals surface area (Å²) in [6.45, 7) is 2.08. The van der Waals surface area contributed by atoms with Gasteiger partial charge in [-0.2, -0.15) is 0 Å². The van der Waals surface area contributed by atoms with Gasteiger partial charge in [0.15, 0.2) is 0 Å². The molecule has 1 aromatic carbocycles. The molecule has 0 radical (unpaired) electrons. The van der Waals surface area contributed by atoms with Gasteiger partial charge in [-0.15, -0.1) is 0 Å². The van der Waals surface area contributed by atoms with Crippen molar-refractivity contribution in [2.75, 3.05) is 0 Å². The molecule has 1 fully saturated rings. The van der Waals surface area contributed by atoms with E-state index in [0.29, 0.717) is 6.10 Å². The van der Waals surface area contributed by atoms with E-state index in [1.807, 2.05) is 6.07 Å². The van der Waals surface area contributed by atoms with Gasteiger partial charge < -0.3 is 4.74 Å². The smallest absolute Gasteiger partial charge is 0.134 e. The van der Waals surface area contributed by atoms with Crippen LogP contribution in [0.3, 0.4) is 0 Å². The largest absolute Gasteiger partial charge is 0.489 e. The van der Waals surface area contributed by atoms with E-state index >= 15 is 0 Å². The van der Waals surface area contributed by atoms with Crippen molar-refractivity contribution in [3.05, 3.63) is 28.2 Å². The fraction of sp³-hybridized carbons (Fsp3) is 0.400. The average molecular weight is 227 g/mol. The molecule has 1 aliphatic carbocycles. The van der Waals surface area contributed by atoms with E-state index < -0.39 is 0 Å². The van der Waals surface area contributed by atoms with Crippen molar-refractivity contribution in [1.82, 2.24) is 0 Å². The number of hydrogen-bond donors (Lipinski definition) is 0. The van der Waals surface area contributed by atoms with Gasteiger partial charge in [0.25, 0.3) is 0 Å². The summed E-state index contributed by atoms with van der Waals surface area (Å²) < 4.78 is 6.75. The van der Waals surface area contributed by atoms with Crippen LogP contribution in [0.1, 0.15) is 18.4 Å². The Kier molecular flexibility index (Phi) is 2.09. The Morgan fingerprint density at radius 1 is 1.42 bits per heavy atom. The van der Waals surface area contributed by atoms with E-state index in [1.165, 1.54) is 18.4 Å². The van der Waals surface area contributed by atoms with E-state index in [2.05, 4.69) is 35.0 Å². The van der Waals surface area contributed by atoms with Gasteiger partial charge in [0, 0.05) is 0 Å². The Labute approximate surface area is 80.9 Å². The zero-order valence-electron chi connectivity index (χ0n) is 7.01. The van der Waals surface area contributed by atoms with Crippen LogP contribution in [0.25, 0.3) is 0 Å². The second-order valence-electron chi connectivity index (χ2n) is 3.25. The third-order valence-electron chi connectivity index (χ3n) is 1.90. The Morgan fingerprint density at radius 3 is 2.83 bits per heavy atom. The molecular weight excluding hydrogens is 216 g/mol. The van der Waals surface area contributed by atoms with Crippen molar-refractivity contribution < 1.29 is 4.74 Å². The molecule has 0 aromatic heterocycles. The van der Waals surface area contributed by atoms with E-state index in [9.17, 15) is 0 Å². The van der Waals surface area contributed by atoms with Crippen molar-refractivity contribution in [3.63, 3.8) is 0 Å². The first-order valence-electron chi connectivity index (χ1n) is 4.18. The summed E-state index contributed by atoms with van der Waals surface area (Å²) in [5.41, 5.74) is 1.24. The van der Waals surface area contributed by atoms with Crippen molar-refractivity contribution in [2.24, 2.45) is 0 Å². The molecule has 0 spiro atoms. The predicted octanol–water partition coefficient (Wildman–Crippen LogP) is 3.30. The first-order chi connectivity index (χ1) is 5.75. The number of hydrogen-bond acceptors (Lipinski definition) is 1. The lowest BCUT2D eigenvalue weighted by Crippen LogP contribution is -1.96. The van der Waals surface area contributed by atoms with Gasteiger partial charge >= 0.3 is 0 Å². The molecule has 0 atom stereocenters. The molecule has 0 bridgehead atoms. The molecule has 0 aliphatic heterocycles. The zero-order chi connectivity index (χ0) is 8.55. The Hall–Kier alpha value is -0.500. The van der Waals surface area contributed by atoms with Crippen LogP contribution < -0.4 is 4.74 Å². The quantitative estimate of drug-likeness (QED) is 0.753. The maximum atomic E-state index is 5.69. The Bertz CT molecular complexity index is 292. The lowest BCUT2D eigenvalue weighted by molar-refractivity contribution is 0.301. The van der Waals surface area contributed by atoms with Gasteiger partial charge in [-0.25, -0.2) is 0 Å². The van der Waals surface area contributed by atoms with Gasteiger partial charge in [0.2, 0.25) is 0 Å². The number of ether oxygens (including phenoxy) is 1. The molecule has 2 heteroatoms. The highest BCUT2D eigenvalue weighted by atomic mass is 79.9. The molecule has 12 heavy (non-hydrogen) atoms. The number of rotatable bonds is 2. The van der Waals surface area contributed by atoms with Crippen molar-refractivity contribution in [3.8, 4) is 5.75 Å². The second-order valence-corrected chi connectivity index (χ2v) is 4.11. The summed E-state index contributed by atoms with van der Waals surface area (Å²) in [5.74, 6) is 0.984. The molecular formula is C10H11BrO. The monoisotopic (exact) mass is 226 g/mol. The van der Waals surface area contributed by atoms with E-state index in [-0.39, 0.29) is 0 Å². The Balaban J connectivity index is 2.21. The summed E-state index contributed by atoms with van der Waals surface area (Å²) in [5, 5.41) is 0. The first-order valence-corrected chi connectivity index (χ1v) is 4.98. The average Bonchev–Trinajstić information content (AvgIpc) is 2.81. The van der Waals surface area contributed by atoms with Crippen LogP contribution in [-0.2, 0) is 0 Å². The molecule has 1 aromatic rings. The Morgan fingerprint density at radius 2 is 2.17 bits per heavy atom. The minimum absolute atomic E-state index is 0.475. The van der Waals surface area contributed by atoms with E-state index in [4.69, 9.17) is 4.74 Å². The van der Waals surface area contributed by atoms with Gasteiger partial charge in [-0.05, 0) is 53.4 Å².